The van der Waals surface area contributed by atoms with Crippen LogP contribution in [0.2, 0.25) is 0 Å². The minimum absolute atomic E-state index is 0.514. The molecule has 5 nitrogen and oxygen atoms in total. The second-order valence-corrected chi connectivity index (χ2v) is 5.03. The van der Waals surface area contributed by atoms with Crippen LogP contribution in [0.15, 0.2) is 0 Å². The Morgan fingerprint density at radius 3 is 2.59 bits per heavy atom. The SMILES string of the molecule is CCNc1nc(CN(C)C)nc(COC)c1I. The van der Waals surface area contributed by atoms with Gasteiger partial charge in [-0.2, -0.15) is 0 Å². The van der Waals surface area contributed by atoms with Crippen molar-refractivity contribution in [2.75, 3.05) is 33.1 Å². The number of methoxy groups -OCH3 is 1. The van der Waals surface area contributed by atoms with E-state index in [1.807, 2.05) is 14.1 Å². The first-order valence-electron chi connectivity index (χ1n) is 5.51. The molecule has 0 atom stereocenters. The fourth-order valence-electron chi connectivity index (χ4n) is 1.42. The summed E-state index contributed by atoms with van der Waals surface area (Å²) in [6, 6.07) is 0. The van der Waals surface area contributed by atoms with Crippen molar-refractivity contribution >= 4 is 28.4 Å². The summed E-state index contributed by atoms with van der Waals surface area (Å²) in [6.07, 6.45) is 0. The maximum atomic E-state index is 5.17. The molecule has 0 bridgehead atoms. The molecule has 6 heteroatoms. The highest BCUT2D eigenvalue weighted by Crippen LogP contribution is 2.20. The van der Waals surface area contributed by atoms with Gasteiger partial charge in [-0.05, 0) is 43.6 Å². The molecule has 0 aliphatic carbocycles. The van der Waals surface area contributed by atoms with E-state index in [-0.39, 0.29) is 0 Å². The third-order valence-electron chi connectivity index (χ3n) is 2.05. The maximum Gasteiger partial charge on any atom is 0.145 e. The summed E-state index contributed by atoms with van der Waals surface area (Å²) >= 11 is 2.26. The minimum Gasteiger partial charge on any atom is -0.378 e. The Morgan fingerprint density at radius 2 is 2.06 bits per heavy atom. The van der Waals surface area contributed by atoms with E-state index in [1.165, 1.54) is 0 Å². The van der Waals surface area contributed by atoms with E-state index in [0.717, 1.165) is 34.0 Å². The van der Waals surface area contributed by atoms with Crippen molar-refractivity contribution in [2.45, 2.75) is 20.1 Å². The van der Waals surface area contributed by atoms with Gasteiger partial charge in [-0.15, -0.1) is 0 Å². The van der Waals surface area contributed by atoms with Crippen molar-refractivity contribution in [1.29, 1.82) is 0 Å². The van der Waals surface area contributed by atoms with Gasteiger partial charge in [0, 0.05) is 13.7 Å². The molecule has 96 valence electrons. The van der Waals surface area contributed by atoms with Crippen LogP contribution < -0.4 is 5.32 Å². The fraction of sp³-hybridized carbons (Fsp3) is 0.636. The largest absolute Gasteiger partial charge is 0.378 e. The predicted octanol–water partition coefficient (Wildman–Crippen LogP) is 1.72. The molecule has 17 heavy (non-hydrogen) atoms. The van der Waals surface area contributed by atoms with E-state index in [9.17, 15) is 0 Å². The molecule has 0 saturated carbocycles. The molecule has 0 spiro atoms. The zero-order chi connectivity index (χ0) is 12.8. The lowest BCUT2D eigenvalue weighted by Crippen LogP contribution is -2.17. The van der Waals surface area contributed by atoms with E-state index in [0.29, 0.717) is 6.61 Å². The second kappa shape index (κ2) is 7.07. The average Bonchev–Trinajstić information content (AvgIpc) is 2.24. The van der Waals surface area contributed by atoms with Crippen LogP contribution in [0.1, 0.15) is 18.4 Å². The van der Waals surface area contributed by atoms with Crippen molar-refractivity contribution in [3.8, 4) is 0 Å². The van der Waals surface area contributed by atoms with Crippen molar-refractivity contribution in [2.24, 2.45) is 0 Å². The topological polar surface area (TPSA) is 50.3 Å². The molecule has 0 saturated heterocycles. The number of ether oxygens (including phenoxy) is 1. The van der Waals surface area contributed by atoms with Crippen molar-refractivity contribution < 1.29 is 4.74 Å². The van der Waals surface area contributed by atoms with Crippen LogP contribution in [-0.4, -0.2) is 42.6 Å². The van der Waals surface area contributed by atoms with Crippen molar-refractivity contribution in [1.82, 2.24) is 14.9 Å². The summed E-state index contributed by atoms with van der Waals surface area (Å²) < 4.78 is 6.20. The Kier molecular flexibility index (Phi) is 6.07. The fourth-order valence-corrected chi connectivity index (χ4v) is 2.00. The molecule has 1 aromatic heterocycles. The normalized spacial score (nSPS) is 10.9. The van der Waals surface area contributed by atoms with Crippen LogP contribution in [0.5, 0.6) is 0 Å². The van der Waals surface area contributed by atoms with Gasteiger partial charge in [0.05, 0.1) is 22.4 Å². The first-order chi connectivity index (χ1) is 8.08. The summed E-state index contributed by atoms with van der Waals surface area (Å²) in [5.74, 6) is 1.71. The molecule has 1 N–H and O–H groups in total. The van der Waals surface area contributed by atoms with E-state index in [2.05, 4.69) is 49.7 Å². The summed E-state index contributed by atoms with van der Waals surface area (Å²) in [5.41, 5.74) is 0.941. The molecule has 0 aromatic carbocycles. The average molecular weight is 350 g/mol. The Morgan fingerprint density at radius 1 is 1.35 bits per heavy atom. The highest BCUT2D eigenvalue weighted by molar-refractivity contribution is 14.1. The minimum atomic E-state index is 0.514. The van der Waals surface area contributed by atoms with E-state index in [1.54, 1.807) is 7.11 Å². The van der Waals surface area contributed by atoms with Crippen molar-refractivity contribution in [3.63, 3.8) is 0 Å². The lowest BCUT2D eigenvalue weighted by atomic mass is 10.3. The van der Waals surface area contributed by atoms with Gasteiger partial charge >= 0.3 is 0 Å². The summed E-state index contributed by atoms with van der Waals surface area (Å²) in [5, 5.41) is 3.26. The first-order valence-corrected chi connectivity index (χ1v) is 6.59. The molecule has 0 amide bonds. The Hall–Kier alpha value is -0.470. The van der Waals surface area contributed by atoms with Gasteiger partial charge in [0.1, 0.15) is 11.6 Å². The summed E-state index contributed by atoms with van der Waals surface area (Å²) in [7, 11) is 5.69. The Balaban J connectivity index is 3.06. The molecule has 1 rings (SSSR count). The number of rotatable bonds is 6. The number of nitrogens with zero attached hydrogens (tertiary/aromatic N) is 3. The highest BCUT2D eigenvalue weighted by Gasteiger charge is 2.12. The summed E-state index contributed by atoms with van der Waals surface area (Å²) in [4.78, 5) is 11.1. The molecule has 0 fully saturated rings. The van der Waals surface area contributed by atoms with E-state index in [4.69, 9.17) is 4.74 Å². The van der Waals surface area contributed by atoms with Gasteiger partial charge in [0.2, 0.25) is 0 Å². The quantitative estimate of drug-likeness (QED) is 0.792. The lowest BCUT2D eigenvalue weighted by Gasteiger charge is -2.14. The summed E-state index contributed by atoms with van der Waals surface area (Å²) in [6.45, 7) is 4.15. The van der Waals surface area contributed by atoms with Crippen LogP contribution in [0.25, 0.3) is 0 Å². The number of hydrogen-bond donors (Lipinski definition) is 1. The Labute approximate surface area is 116 Å². The van der Waals surface area contributed by atoms with Crippen molar-refractivity contribution in [3.05, 3.63) is 15.1 Å². The van der Waals surface area contributed by atoms with Crippen LogP contribution >= 0.6 is 22.6 Å². The molecule has 0 aliphatic heterocycles. The molecule has 0 aliphatic rings. The first kappa shape index (κ1) is 14.6. The van der Waals surface area contributed by atoms with Gasteiger partial charge in [-0.3, -0.25) is 0 Å². The number of aromatic nitrogens is 2. The maximum absolute atomic E-state index is 5.17. The molecular weight excluding hydrogens is 331 g/mol. The predicted molar refractivity (Wildman–Crippen MR) is 77.0 cm³/mol. The number of nitrogens with one attached hydrogen (secondary N) is 1. The zero-order valence-corrected chi connectivity index (χ0v) is 12.9. The van der Waals surface area contributed by atoms with Crippen LogP contribution in [0.4, 0.5) is 5.82 Å². The lowest BCUT2D eigenvalue weighted by molar-refractivity contribution is 0.180. The van der Waals surface area contributed by atoms with Gasteiger partial charge in [-0.1, -0.05) is 0 Å². The third kappa shape index (κ3) is 4.36. The zero-order valence-electron chi connectivity index (χ0n) is 10.7. The number of anilines is 1. The smallest absolute Gasteiger partial charge is 0.145 e. The molecule has 1 heterocycles. The van der Waals surface area contributed by atoms with E-state index >= 15 is 0 Å². The van der Waals surface area contributed by atoms with Crippen LogP contribution in [0, 0.1) is 3.57 Å². The number of halogens is 1. The van der Waals surface area contributed by atoms with Crippen LogP contribution in [-0.2, 0) is 17.9 Å². The van der Waals surface area contributed by atoms with Gasteiger partial charge in [0.25, 0.3) is 0 Å². The molecule has 0 unspecified atom stereocenters. The molecule has 1 aromatic rings. The van der Waals surface area contributed by atoms with Gasteiger partial charge in [-0.25, -0.2) is 9.97 Å². The number of hydrogen-bond acceptors (Lipinski definition) is 5. The van der Waals surface area contributed by atoms with Gasteiger partial charge in [0.15, 0.2) is 0 Å². The molecule has 0 radical (unpaired) electrons. The highest BCUT2D eigenvalue weighted by atomic mass is 127. The standard InChI is InChI=1S/C11H19IN4O/c1-5-13-11-10(12)8(7-17-4)14-9(15-11)6-16(2)3/h5-7H2,1-4H3,(H,13,14,15). The molecular formula is C11H19IN4O. The third-order valence-corrected chi connectivity index (χ3v) is 3.18. The second-order valence-electron chi connectivity index (χ2n) is 3.95. The Bertz CT molecular complexity index is 343. The van der Waals surface area contributed by atoms with E-state index < -0.39 is 0 Å². The van der Waals surface area contributed by atoms with Crippen LogP contribution in [0.3, 0.4) is 0 Å². The van der Waals surface area contributed by atoms with Gasteiger partial charge < -0.3 is 15.0 Å². The monoisotopic (exact) mass is 350 g/mol.